The van der Waals surface area contributed by atoms with Gasteiger partial charge in [-0.15, -0.1) is 0 Å². The van der Waals surface area contributed by atoms with E-state index in [-0.39, 0.29) is 6.42 Å². The van der Waals surface area contributed by atoms with Crippen LogP contribution in [0.3, 0.4) is 0 Å². The molecule has 0 heterocycles. The van der Waals surface area contributed by atoms with Crippen molar-refractivity contribution in [1.29, 1.82) is 0 Å². The van der Waals surface area contributed by atoms with Gasteiger partial charge in [0.05, 0.1) is 0 Å². The van der Waals surface area contributed by atoms with E-state index < -0.39 is 23.6 Å². The Labute approximate surface area is 91.9 Å². The van der Waals surface area contributed by atoms with Crippen molar-refractivity contribution in [3.63, 3.8) is 0 Å². The fraction of sp³-hybridized carbons (Fsp3) is 0.364. The van der Waals surface area contributed by atoms with E-state index in [1.165, 1.54) is 12.1 Å². The first kappa shape index (κ1) is 12.6. The molecule has 3 nitrogen and oxygen atoms in total. The van der Waals surface area contributed by atoms with Crippen LogP contribution in [0.5, 0.6) is 0 Å². The van der Waals surface area contributed by atoms with Gasteiger partial charge < -0.3 is 10.8 Å². The van der Waals surface area contributed by atoms with Gasteiger partial charge in [0, 0.05) is 6.07 Å². The Kier molecular flexibility index (Phi) is 4.37. The van der Waals surface area contributed by atoms with Crippen LogP contribution in [0.2, 0.25) is 0 Å². The molecule has 0 saturated carbocycles. The zero-order valence-electron chi connectivity index (χ0n) is 8.62. The number of aliphatic carboxylic acids is 1. The van der Waals surface area contributed by atoms with E-state index in [2.05, 4.69) is 0 Å². The normalized spacial score (nSPS) is 12.4. The maximum atomic E-state index is 13.1. The molecule has 1 unspecified atom stereocenters. The van der Waals surface area contributed by atoms with E-state index in [1.807, 2.05) is 0 Å². The second-order valence-electron chi connectivity index (χ2n) is 3.57. The van der Waals surface area contributed by atoms with E-state index in [0.717, 1.165) is 6.07 Å². The van der Waals surface area contributed by atoms with Crippen molar-refractivity contribution in [1.82, 2.24) is 0 Å². The van der Waals surface area contributed by atoms with Crippen LogP contribution < -0.4 is 5.73 Å². The fourth-order valence-electron chi connectivity index (χ4n) is 1.36. The van der Waals surface area contributed by atoms with Crippen LogP contribution in [0.25, 0.3) is 0 Å². The van der Waals surface area contributed by atoms with Crippen molar-refractivity contribution in [2.75, 3.05) is 0 Å². The second kappa shape index (κ2) is 5.55. The number of benzene rings is 1. The van der Waals surface area contributed by atoms with Crippen molar-refractivity contribution < 1.29 is 18.7 Å². The molecule has 88 valence electrons. The zero-order valence-corrected chi connectivity index (χ0v) is 8.62. The summed E-state index contributed by atoms with van der Waals surface area (Å²) >= 11 is 0. The van der Waals surface area contributed by atoms with Crippen LogP contribution in [0, 0.1) is 11.6 Å². The zero-order chi connectivity index (χ0) is 12.1. The Morgan fingerprint density at radius 3 is 2.69 bits per heavy atom. The molecule has 5 heteroatoms. The number of nitrogens with two attached hydrogens (primary N) is 1. The minimum Gasteiger partial charge on any atom is -0.480 e. The van der Waals surface area contributed by atoms with Gasteiger partial charge in [-0.2, -0.15) is 0 Å². The third kappa shape index (κ3) is 3.58. The summed E-state index contributed by atoms with van der Waals surface area (Å²) in [5.41, 5.74) is 5.66. The molecule has 0 saturated heterocycles. The second-order valence-corrected chi connectivity index (χ2v) is 3.57. The van der Waals surface area contributed by atoms with Gasteiger partial charge in [-0.25, -0.2) is 8.78 Å². The smallest absolute Gasteiger partial charge is 0.320 e. The van der Waals surface area contributed by atoms with Crippen molar-refractivity contribution >= 4 is 5.97 Å². The average molecular weight is 229 g/mol. The molecule has 0 aliphatic rings. The molecule has 0 aliphatic carbocycles. The topological polar surface area (TPSA) is 63.3 Å². The standard InChI is InChI=1S/C11H13F2NO2/c12-8-5-4-7(9(13)6-8)2-1-3-10(14)11(15)16/h4-6,10H,1-3,14H2,(H,15,16). The molecule has 0 radical (unpaired) electrons. The highest BCUT2D eigenvalue weighted by molar-refractivity contribution is 5.72. The molecule has 3 N–H and O–H groups in total. The SMILES string of the molecule is NC(CCCc1ccc(F)cc1F)C(=O)O. The highest BCUT2D eigenvalue weighted by Crippen LogP contribution is 2.12. The Morgan fingerprint density at radius 1 is 1.44 bits per heavy atom. The monoisotopic (exact) mass is 229 g/mol. The van der Waals surface area contributed by atoms with E-state index in [1.54, 1.807) is 0 Å². The van der Waals surface area contributed by atoms with E-state index in [4.69, 9.17) is 10.8 Å². The molecule has 0 aliphatic heterocycles. The molecule has 0 fully saturated rings. The number of rotatable bonds is 5. The molecule has 0 bridgehead atoms. The molecule has 1 rings (SSSR count). The van der Waals surface area contributed by atoms with E-state index in [9.17, 15) is 13.6 Å². The predicted molar refractivity (Wildman–Crippen MR) is 54.9 cm³/mol. The summed E-state index contributed by atoms with van der Waals surface area (Å²) in [5, 5.41) is 8.52. The number of aryl methyl sites for hydroxylation is 1. The lowest BCUT2D eigenvalue weighted by Crippen LogP contribution is -2.29. The van der Waals surface area contributed by atoms with Crippen LogP contribution in [-0.2, 0) is 11.2 Å². The molecule has 1 aromatic rings. The van der Waals surface area contributed by atoms with Crippen molar-refractivity contribution in [3.05, 3.63) is 35.4 Å². The number of hydrogen-bond acceptors (Lipinski definition) is 2. The van der Waals surface area contributed by atoms with Gasteiger partial charge in [-0.05, 0) is 30.9 Å². The third-order valence-electron chi connectivity index (χ3n) is 2.29. The Bertz CT molecular complexity index is 382. The van der Waals surface area contributed by atoms with Crippen molar-refractivity contribution in [2.24, 2.45) is 5.73 Å². The largest absolute Gasteiger partial charge is 0.480 e. The first-order valence-electron chi connectivity index (χ1n) is 4.93. The molecule has 1 atom stereocenters. The summed E-state index contributed by atoms with van der Waals surface area (Å²) in [6.45, 7) is 0. The summed E-state index contributed by atoms with van der Waals surface area (Å²) < 4.78 is 25.7. The molecule has 0 amide bonds. The first-order chi connectivity index (χ1) is 7.50. The quantitative estimate of drug-likeness (QED) is 0.807. The van der Waals surface area contributed by atoms with Gasteiger partial charge in [0.2, 0.25) is 0 Å². The molecule has 0 aromatic heterocycles. The lowest BCUT2D eigenvalue weighted by Gasteiger charge is -2.06. The van der Waals surface area contributed by atoms with Crippen LogP contribution in [-0.4, -0.2) is 17.1 Å². The van der Waals surface area contributed by atoms with E-state index in [0.29, 0.717) is 18.4 Å². The number of carboxylic acids is 1. The fourth-order valence-corrected chi connectivity index (χ4v) is 1.36. The van der Waals surface area contributed by atoms with Gasteiger partial charge >= 0.3 is 5.97 Å². The maximum Gasteiger partial charge on any atom is 0.320 e. The molecular weight excluding hydrogens is 216 g/mol. The van der Waals surface area contributed by atoms with Crippen LogP contribution in [0.4, 0.5) is 8.78 Å². The highest BCUT2D eigenvalue weighted by atomic mass is 19.1. The lowest BCUT2D eigenvalue weighted by molar-refractivity contribution is -0.138. The van der Waals surface area contributed by atoms with Crippen LogP contribution in [0.15, 0.2) is 18.2 Å². The molecule has 1 aromatic carbocycles. The number of carboxylic acid groups (broad SMARTS) is 1. The summed E-state index contributed by atoms with van der Waals surface area (Å²) in [4.78, 5) is 10.4. The van der Waals surface area contributed by atoms with Crippen LogP contribution >= 0.6 is 0 Å². The van der Waals surface area contributed by atoms with Crippen LogP contribution in [0.1, 0.15) is 18.4 Å². The Morgan fingerprint density at radius 2 is 2.12 bits per heavy atom. The Hall–Kier alpha value is -1.49. The summed E-state index contributed by atoms with van der Waals surface area (Å²) in [6.07, 6.45) is 1.08. The summed E-state index contributed by atoms with van der Waals surface area (Å²) in [6, 6.07) is 2.42. The molecular formula is C11H13F2NO2. The van der Waals surface area contributed by atoms with Gasteiger partial charge in [0.15, 0.2) is 0 Å². The predicted octanol–water partition coefficient (Wildman–Crippen LogP) is 1.70. The molecule has 16 heavy (non-hydrogen) atoms. The minimum absolute atomic E-state index is 0.270. The van der Waals surface area contributed by atoms with E-state index >= 15 is 0 Å². The summed E-state index contributed by atoms with van der Waals surface area (Å²) in [7, 11) is 0. The van der Waals surface area contributed by atoms with Crippen molar-refractivity contribution in [2.45, 2.75) is 25.3 Å². The summed E-state index contributed by atoms with van der Waals surface area (Å²) in [5.74, 6) is -2.30. The van der Waals surface area contributed by atoms with Gasteiger partial charge in [-0.1, -0.05) is 6.07 Å². The highest BCUT2D eigenvalue weighted by Gasteiger charge is 2.11. The number of hydrogen-bond donors (Lipinski definition) is 2. The third-order valence-corrected chi connectivity index (χ3v) is 2.29. The van der Waals surface area contributed by atoms with Crippen molar-refractivity contribution in [3.8, 4) is 0 Å². The average Bonchev–Trinajstić information content (AvgIpc) is 2.20. The maximum absolute atomic E-state index is 13.1. The Balaban J connectivity index is 2.46. The lowest BCUT2D eigenvalue weighted by atomic mass is 10.0. The number of carbonyl (C=O) groups is 1. The first-order valence-corrected chi connectivity index (χ1v) is 4.93. The number of halogens is 2. The minimum atomic E-state index is -1.07. The van der Waals surface area contributed by atoms with Gasteiger partial charge in [-0.3, -0.25) is 4.79 Å². The van der Waals surface area contributed by atoms with Gasteiger partial charge in [0.25, 0.3) is 0 Å². The molecule has 0 spiro atoms. The van der Waals surface area contributed by atoms with Gasteiger partial charge in [0.1, 0.15) is 17.7 Å².